The van der Waals surface area contributed by atoms with Crippen LogP contribution in [0.2, 0.25) is 0 Å². The highest BCUT2D eigenvalue weighted by molar-refractivity contribution is 9.09. The lowest BCUT2D eigenvalue weighted by Gasteiger charge is -2.26. The molecule has 1 saturated heterocycles. The van der Waals surface area contributed by atoms with Gasteiger partial charge < -0.3 is 19.5 Å². The summed E-state index contributed by atoms with van der Waals surface area (Å²) in [6.07, 6.45) is 0.634. The minimum absolute atomic E-state index is 0.0126. The predicted molar refractivity (Wildman–Crippen MR) is 93.8 cm³/mol. The van der Waals surface area contributed by atoms with E-state index in [0.29, 0.717) is 11.4 Å². The highest BCUT2D eigenvalue weighted by Crippen LogP contribution is 2.60. The fraction of sp³-hybridized carbons (Fsp3) is 0.500. The van der Waals surface area contributed by atoms with Gasteiger partial charge in [-0.05, 0) is 36.6 Å². The first-order chi connectivity index (χ1) is 12.5. The van der Waals surface area contributed by atoms with Crippen molar-refractivity contribution >= 4 is 39.5 Å². The Hall–Kier alpha value is -2.09. The van der Waals surface area contributed by atoms with E-state index < -0.39 is 30.3 Å². The van der Waals surface area contributed by atoms with E-state index >= 15 is 0 Å². The number of anilines is 1. The van der Waals surface area contributed by atoms with Crippen molar-refractivity contribution in [2.75, 3.05) is 19.0 Å². The van der Waals surface area contributed by atoms with Crippen molar-refractivity contribution in [2.24, 2.45) is 23.7 Å². The van der Waals surface area contributed by atoms with Crippen LogP contribution >= 0.6 is 15.9 Å². The topological polar surface area (TPSA) is 90.9 Å². The Morgan fingerprint density at radius 2 is 2.00 bits per heavy atom. The van der Waals surface area contributed by atoms with Crippen LogP contribution in [0.5, 0.6) is 5.75 Å². The summed E-state index contributed by atoms with van der Waals surface area (Å²) in [5.41, 5.74) is 0.578. The van der Waals surface area contributed by atoms with Crippen LogP contribution in [0.15, 0.2) is 24.3 Å². The zero-order chi connectivity index (χ0) is 18.4. The zero-order valence-electron chi connectivity index (χ0n) is 14.0. The monoisotopic (exact) mass is 423 g/mol. The SMILES string of the molecule is COc1ccc(NC(=O)COC(=O)[C@@H]2[C@H]3C[C@H]4[C@H](OC(=O)[C@H]42)[C@@H]3Br)cc1. The van der Waals surface area contributed by atoms with Crippen LogP contribution in [0.3, 0.4) is 0 Å². The number of carbonyl (C=O) groups excluding carboxylic acids is 3. The maximum Gasteiger partial charge on any atom is 0.310 e. The number of esters is 2. The first-order valence-corrected chi connectivity index (χ1v) is 9.36. The van der Waals surface area contributed by atoms with E-state index in [4.69, 9.17) is 14.2 Å². The number of ether oxygens (including phenoxy) is 3. The molecular formula is C18H18BrNO6. The first-order valence-electron chi connectivity index (χ1n) is 8.44. The largest absolute Gasteiger partial charge is 0.497 e. The summed E-state index contributed by atoms with van der Waals surface area (Å²) in [5, 5.41) is 2.65. The van der Waals surface area contributed by atoms with Crippen molar-refractivity contribution in [3.05, 3.63) is 24.3 Å². The lowest BCUT2D eigenvalue weighted by atomic mass is 9.80. The van der Waals surface area contributed by atoms with Crippen LogP contribution in [0.1, 0.15) is 6.42 Å². The molecule has 2 saturated carbocycles. The van der Waals surface area contributed by atoms with E-state index in [2.05, 4.69) is 21.2 Å². The van der Waals surface area contributed by atoms with Crippen molar-refractivity contribution in [3.8, 4) is 5.75 Å². The van der Waals surface area contributed by atoms with E-state index in [1.165, 1.54) is 0 Å². The van der Waals surface area contributed by atoms with Crippen LogP contribution in [0.25, 0.3) is 0 Å². The Balaban J connectivity index is 1.34. The van der Waals surface area contributed by atoms with Crippen LogP contribution in [0, 0.1) is 23.7 Å². The van der Waals surface area contributed by atoms with Gasteiger partial charge in [-0.25, -0.2) is 0 Å². The Morgan fingerprint density at radius 1 is 1.27 bits per heavy atom. The molecule has 0 spiro atoms. The molecule has 7 nitrogen and oxygen atoms in total. The first kappa shape index (κ1) is 17.3. The molecule has 3 aliphatic rings. The molecule has 1 aromatic carbocycles. The van der Waals surface area contributed by atoms with E-state index in [1.54, 1.807) is 31.4 Å². The summed E-state index contributed by atoms with van der Waals surface area (Å²) in [6.45, 7) is -0.392. The number of nitrogens with one attached hydrogen (secondary N) is 1. The number of benzene rings is 1. The lowest BCUT2D eigenvalue weighted by Crippen LogP contribution is -2.39. The third kappa shape index (κ3) is 2.76. The minimum atomic E-state index is -0.538. The van der Waals surface area contributed by atoms with Crippen molar-refractivity contribution < 1.29 is 28.6 Å². The molecule has 1 N–H and O–H groups in total. The summed E-state index contributed by atoms with van der Waals surface area (Å²) >= 11 is 3.55. The normalized spacial score (nSPS) is 33.7. The van der Waals surface area contributed by atoms with Crippen LogP contribution < -0.4 is 10.1 Å². The van der Waals surface area contributed by atoms with Crippen molar-refractivity contribution in [1.82, 2.24) is 0 Å². The number of methoxy groups -OCH3 is 1. The van der Waals surface area contributed by atoms with Gasteiger partial charge in [-0.1, -0.05) is 15.9 Å². The number of hydrogen-bond acceptors (Lipinski definition) is 6. The number of halogens is 1. The summed E-state index contributed by atoms with van der Waals surface area (Å²) in [4.78, 5) is 36.5. The molecule has 1 aromatic rings. The Bertz CT molecular complexity index is 751. The Kier molecular flexibility index (Phi) is 4.38. The van der Waals surface area contributed by atoms with Crippen LogP contribution in [-0.4, -0.2) is 42.5 Å². The molecule has 0 aromatic heterocycles. The van der Waals surface area contributed by atoms with E-state index in [-0.39, 0.29) is 28.7 Å². The average molecular weight is 424 g/mol. The fourth-order valence-electron chi connectivity index (χ4n) is 4.40. The average Bonchev–Trinajstić information content (AvgIpc) is 3.24. The fourth-order valence-corrected chi connectivity index (χ4v) is 5.44. The second-order valence-corrected chi connectivity index (χ2v) is 7.90. The molecule has 0 radical (unpaired) electrons. The zero-order valence-corrected chi connectivity index (χ0v) is 15.6. The minimum Gasteiger partial charge on any atom is -0.497 e. The van der Waals surface area contributed by atoms with Gasteiger partial charge in [0.15, 0.2) is 6.61 Å². The van der Waals surface area contributed by atoms with E-state index in [1.807, 2.05) is 0 Å². The molecule has 6 atom stereocenters. The molecule has 1 aliphatic heterocycles. The number of hydrogen-bond donors (Lipinski definition) is 1. The molecule has 8 heteroatoms. The molecule has 26 heavy (non-hydrogen) atoms. The molecule has 2 aliphatic carbocycles. The second kappa shape index (κ2) is 6.57. The maximum absolute atomic E-state index is 12.5. The quantitative estimate of drug-likeness (QED) is 0.572. The standard InChI is InChI=1S/C18H18BrNO6/c1-24-9-4-2-8(3-5-9)20-12(21)7-25-17(22)13-10-6-11-14(13)18(23)26-16(11)15(10)19/h2-5,10-11,13-16H,6-7H2,1H3,(H,20,21)/t10-,11-,13-,14-,15-,16+/m1/s1. The molecule has 4 rings (SSSR count). The molecular weight excluding hydrogens is 406 g/mol. The van der Waals surface area contributed by atoms with Crippen molar-refractivity contribution in [3.63, 3.8) is 0 Å². The number of amides is 1. The van der Waals surface area contributed by atoms with Crippen molar-refractivity contribution in [2.45, 2.75) is 17.4 Å². The number of rotatable bonds is 5. The summed E-state index contributed by atoms with van der Waals surface area (Å²) in [6, 6.07) is 6.82. The molecule has 2 bridgehead atoms. The van der Waals surface area contributed by atoms with Crippen LogP contribution in [-0.2, 0) is 23.9 Å². The van der Waals surface area contributed by atoms with Gasteiger partial charge in [0.2, 0.25) is 0 Å². The molecule has 0 unspecified atom stereocenters. The van der Waals surface area contributed by atoms with Crippen molar-refractivity contribution in [1.29, 1.82) is 0 Å². The third-order valence-corrected chi connectivity index (χ3v) is 6.71. The molecule has 138 valence electrons. The van der Waals surface area contributed by atoms with Gasteiger partial charge in [0.25, 0.3) is 5.91 Å². The Labute approximate surface area is 158 Å². The van der Waals surface area contributed by atoms with E-state index in [9.17, 15) is 14.4 Å². The third-order valence-electron chi connectivity index (χ3n) is 5.51. The van der Waals surface area contributed by atoms with Gasteiger partial charge >= 0.3 is 11.9 Å². The second-order valence-electron chi connectivity index (χ2n) is 6.85. The van der Waals surface area contributed by atoms with Gasteiger partial charge in [0.05, 0.1) is 23.8 Å². The van der Waals surface area contributed by atoms with Gasteiger partial charge in [0.1, 0.15) is 11.9 Å². The highest BCUT2D eigenvalue weighted by Gasteiger charge is 2.68. The molecule has 1 amide bonds. The number of fused-ring (bicyclic) bond motifs is 1. The highest BCUT2D eigenvalue weighted by atomic mass is 79.9. The molecule has 1 heterocycles. The Morgan fingerprint density at radius 3 is 2.69 bits per heavy atom. The smallest absolute Gasteiger partial charge is 0.310 e. The summed E-state index contributed by atoms with van der Waals surface area (Å²) < 4.78 is 15.6. The number of alkyl halides is 1. The van der Waals surface area contributed by atoms with E-state index in [0.717, 1.165) is 6.42 Å². The predicted octanol–water partition coefficient (Wildman–Crippen LogP) is 1.75. The summed E-state index contributed by atoms with van der Waals surface area (Å²) in [5.74, 6) is -1.48. The number of carbonyl (C=O) groups is 3. The van der Waals surface area contributed by atoms with Crippen LogP contribution in [0.4, 0.5) is 5.69 Å². The van der Waals surface area contributed by atoms with Gasteiger partial charge in [-0.15, -0.1) is 0 Å². The lowest BCUT2D eigenvalue weighted by molar-refractivity contribution is -0.157. The maximum atomic E-state index is 12.5. The molecule has 3 fully saturated rings. The van der Waals surface area contributed by atoms with Gasteiger partial charge in [-0.3, -0.25) is 14.4 Å². The van der Waals surface area contributed by atoms with Gasteiger partial charge in [0, 0.05) is 11.6 Å². The van der Waals surface area contributed by atoms with Gasteiger partial charge in [-0.2, -0.15) is 0 Å². The summed E-state index contributed by atoms with van der Waals surface area (Å²) in [7, 11) is 1.56.